The monoisotopic (exact) mass is 467 g/mol. The average Bonchev–Trinajstić information content (AvgIpc) is 3.30. The molecule has 0 aliphatic heterocycles. The second-order valence-corrected chi connectivity index (χ2v) is 10.9. The van der Waals surface area contributed by atoms with Crippen molar-refractivity contribution in [1.29, 1.82) is 0 Å². The van der Waals surface area contributed by atoms with Crippen molar-refractivity contribution in [2.24, 2.45) is 0 Å². The average molecular weight is 468 g/mol. The van der Waals surface area contributed by atoms with Gasteiger partial charge in [0.05, 0.1) is 6.61 Å². The predicted molar refractivity (Wildman–Crippen MR) is 130 cm³/mol. The zero-order chi connectivity index (χ0) is 22.9. The van der Waals surface area contributed by atoms with Crippen molar-refractivity contribution in [3.63, 3.8) is 0 Å². The molecular weight excluding hydrogens is 430 g/mol. The van der Waals surface area contributed by atoms with Gasteiger partial charge in [-0.1, -0.05) is 32.0 Å². The smallest absolute Gasteiger partial charge is 0.253 e. The number of rotatable bonds is 14. The predicted octanol–water partition coefficient (Wildman–Crippen LogP) is 4.17. The third-order valence-corrected chi connectivity index (χ3v) is 8.74. The van der Waals surface area contributed by atoms with Gasteiger partial charge in [-0.25, -0.2) is 8.42 Å². The molecule has 0 spiro atoms. The minimum atomic E-state index is -3.55. The Kier molecular flexibility index (Phi) is 10.4. The summed E-state index contributed by atoms with van der Waals surface area (Å²) in [6.45, 7) is 11.2. The van der Waals surface area contributed by atoms with Crippen LogP contribution in [0.15, 0.2) is 46.0 Å². The fourth-order valence-electron chi connectivity index (χ4n) is 3.37. The molecule has 1 unspecified atom stereocenters. The highest BCUT2D eigenvalue weighted by atomic mass is 32.2. The molecule has 0 aliphatic rings. The van der Waals surface area contributed by atoms with E-state index in [4.69, 9.17) is 4.74 Å². The first kappa shape index (κ1) is 25.8. The van der Waals surface area contributed by atoms with Crippen LogP contribution in [0.5, 0.6) is 5.75 Å². The van der Waals surface area contributed by atoms with Crippen LogP contribution in [-0.4, -0.2) is 75.9 Å². The second kappa shape index (κ2) is 12.6. The maximum atomic E-state index is 13.3. The lowest BCUT2D eigenvalue weighted by atomic mass is 10.1. The van der Waals surface area contributed by atoms with Gasteiger partial charge in [0.2, 0.25) is 0 Å². The molecule has 0 saturated carbocycles. The highest BCUT2D eigenvalue weighted by Crippen LogP contribution is 2.30. The van der Waals surface area contributed by atoms with Gasteiger partial charge >= 0.3 is 0 Å². The molecule has 6 nitrogen and oxygen atoms in total. The quantitative estimate of drug-likeness (QED) is 0.390. The van der Waals surface area contributed by atoms with E-state index in [-0.39, 0.29) is 6.04 Å². The van der Waals surface area contributed by atoms with Gasteiger partial charge in [0.1, 0.15) is 9.96 Å². The zero-order valence-corrected chi connectivity index (χ0v) is 21.1. The van der Waals surface area contributed by atoms with Crippen molar-refractivity contribution in [2.75, 3.05) is 53.4 Å². The highest BCUT2D eigenvalue weighted by Gasteiger charge is 2.30. The van der Waals surface area contributed by atoms with Crippen LogP contribution in [0.2, 0.25) is 0 Å². The lowest BCUT2D eigenvalue weighted by molar-refractivity contribution is 0.249. The Morgan fingerprint density at radius 2 is 1.68 bits per heavy atom. The normalized spacial score (nSPS) is 13.3. The van der Waals surface area contributed by atoms with Crippen molar-refractivity contribution in [3.05, 3.63) is 47.3 Å². The Balaban J connectivity index is 2.06. The summed E-state index contributed by atoms with van der Waals surface area (Å²) in [6, 6.07) is 11.0. The Bertz CT molecular complexity index is 849. The Hall–Kier alpha value is -1.45. The summed E-state index contributed by atoms with van der Waals surface area (Å²) < 4.78 is 34.4. The van der Waals surface area contributed by atoms with Crippen LogP contribution >= 0.6 is 11.3 Å². The van der Waals surface area contributed by atoms with Crippen LogP contribution < -0.4 is 4.74 Å². The lowest BCUT2D eigenvalue weighted by Gasteiger charge is -2.29. The molecule has 0 aliphatic carbocycles. The number of hydrogen-bond donors (Lipinski definition) is 0. The third kappa shape index (κ3) is 7.57. The van der Waals surface area contributed by atoms with Gasteiger partial charge < -0.3 is 14.5 Å². The van der Waals surface area contributed by atoms with E-state index in [2.05, 4.69) is 18.7 Å². The largest absolute Gasteiger partial charge is 0.494 e. The first-order valence-electron chi connectivity index (χ1n) is 10.9. The maximum Gasteiger partial charge on any atom is 0.253 e. The molecule has 8 heteroatoms. The summed E-state index contributed by atoms with van der Waals surface area (Å²) in [5.74, 6) is 0.816. The van der Waals surface area contributed by atoms with E-state index in [0.29, 0.717) is 23.9 Å². The van der Waals surface area contributed by atoms with E-state index in [9.17, 15) is 8.42 Å². The van der Waals surface area contributed by atoms with Crippen molar-refractivity contribution < 1.29 is 13.2 Å². The Morgan fingerprint density at radius 1 is 1.00 bits per heavy atom. The van der Waals surface area contributed by atoms with E-state index in [0.717, 1.165) is 37.4 Å². The summed E-state index contributed by atoms with van der Waals surface area (Å²) in [4.78, 5) is 4.38. The molecule has 0 amide bonds. The molecule has 2 aromatic rings. The summed E-state index contributed by atoms with van der Waals surface area (Å²) in [6.07, 6.45) is 0.983. The number of benzene rings is 1. The molecule has 174 valence electrons. The van der Waals surface area contributed by atoms with Crippen molar-refractivity contribution in [3.8, 4) is 5.75 Å². The first-order valence-corrected chi connectivity index (χ1v) is 13.3. The summed E-state index contributed by atoms with van der Waals surface area (Å²) >= 11 is 1.26. The molecule has 1 aromatic heterocycles. The SMILES string of the molecule is CCN(CC)CCCOc1ccc(C(C)N(CCN(C)C)S(=O)(=O)c2cccs2)cc1. The fraction of sp³-hybridized carbons (Fsp3) is 0.565. The van der Waals surface area contributed by atoms with Gasteiger partial charge in [-0.3, -0.25) is 0 Å². The van der Waals surface area contributed by atoms with E-state index in [1.807, 2.05) is 50.2 Å². The molecule has 2 rings (SSSR count). The van der Waals surface area contributed by atoms with Crippen LogP contribution in [0, 0.1) is 0 Å². The minimum Gasteiger partial charge on any atom is -0.494 e. The summed E-state index contributed by atoms with van der Waals surface area (Å²) in [7, 11) is 0.350. The van der Waals surface area contributed by atoms with Gasteiger partial charge in [-0.15, -0.1) is 11.3 Å². The standard InChI is InChI=1S/C23H37N3O3S2/c1-6-25(7-2)15-9-18-29-22-13-11-21(12-14-22)20(3)26(17-16-24(4)5)31(27,28)23-10-8-19-30-23/h8,10-14,19-20H,6-7,9,15-18H2,1-5H3. The minimum absolute atomic E-state index is 0.274. The molecule has 1 atom stereocenters. The van der Waals surface area contributed by atoms with Crippen molar-refractivity contribution in [1.82, 2.24) is 14.1 Å². The Labute approximate surface area is 192 Å². The van der Waals surface area contributed by atoms with Gasteiger partial charge in [0.25, 0.3) is 10.0 Å². The molecule has 31 heavy (non-hydrogen) atoms. The number of sulfonamides is 1. The number of thiophene rings is 1. The molecule has 1 aromatic carbocycles. The van der Waals surface area contributed by atoms with E-state index in [1.54, 1.807) is 21.8 Å². The first-order chi connectivity index (χ1) is 14.8. The van der Waals surface area contributed by atoms with E-state index < -0.39 is 10.0 Å². The van der Waals surface area contributed by atoms with Crippen LogP contribution in [0.3, 0.4) is 0 Å². The summed E-state index contributed by atoms with van der Waals surface area (Å²) in [5, 5.41) is 1.80. The maximum absolute atomic E-state index is 13.3. The van der Waals surface area contributed by atoms with Crippen LogP contribution in [-0.2, 0) is 10.0 Å². The zero-order valence-electron chi connectivity index (χ0n) is 19.5. The topological polar surface area (TPSA) is 53.1 Å². The van der Waals surface area contributed by atoms with Crippen LogP contribution in [0.25, 0.3) is 0 Å². The van der Waals surface area contributed by atoms with Gasteiger partial charge in [-0.2, -0.15) is 4.31 Å². The lowest BCUT2D eigenvalue weighted by Crippen LogP contribution is -2.38. The highest BCUT2D eigenvalue weighted by molar-refractivity contribution is 7.91. The van der Waals surface area contributed by atoms with E-state index in [1.165, 1.54) is 11.3 Å². The second-order valence-electron chi connectivity index (χ2n) is 7.83. The van der Waals surface area contributed by atoms with Gasteiger partial charge in [-0.05, 0) is 69.7 Å². The molecule has 0 bridgehead atoms. The number of likely N-dealkylation sites (N-methyl/N-ethyl adjacent to an activating group) is 1. The van der Waals surface area contributed by atoms with Crippen LogP contribution in [0.4, 0.5) is 0 Å². The van der Waals surface area contributed by atoms with Crippen molar-refractivity contribution >= 4 is 21.4 Å². The molecule has 0 radical (unpaired) electrons. The fourth-order valence-corrected chi connectivity index (χ4v) is 6.10. The number of hydrogen-bond acceptors (Lipinski definition) is 6. The molecule has 0 N–H and O–H groups in total. The number of nitrogens with zero attached hydrogens (tertiary/aromatic N) is 3. The number of ether oxygens (including phenoxy) is 1. The molecular formula is C23H37N3O3S2. The molecule has 0 saturated heterocycles. The third-order valence-electron chi connectivity index (χ3n) is 5.40. The van der Waals surface area contributed by atoms with Gasteiger partial charge in [0.15, 0.2) is 0 Å². The Morgan fingerprint density at radius 3 is 2.23 bits per heavy atom. The molecule has 0 fully saturated rings. The van der Waals surface area contributed by atoms with Gasteiger partial charge in [0, 0.05) is 25.7 Å². The summed E-state index contributed by atoms with van der Waals surface area (Å²) in [5.41, 5.74) is 0.953. The van der Waals surface area contributed by atoms with Crippen molar-refractivity contribution in [2.45, 2.75) is 37.4 Å². The van der Waals surface area contributed by atoms with Crippen LogP contribution in [0.1, 0.15) is 38.8 Å². The van der Waals surface area contributed by atoms with E-state index >= 15 is 0 Å². The molecule has 1 heterocycles.